The summed E-state index contributed by atoms with van der Waals surface area (Å²) in [6.45, 7) is 4.31. The molecule has 0 unspecified atom stereocenters. The van der Waals surface area contributed by atoms with Crippen LogP contribution in [0.3, 0.4) is 0 Å². The first kappa shape index (κ1) is 23.0. The smallest absolute Gasteiger partial charge is 0.341 e. The molecular formula is C24H30BrNO3S. The lowest BCUT2D eigenvalue weighted by atomic mass is 9.79. The van der Waals surface area contributed by atoms with Gasteiger partial charge in [0.15, 0.2) is 0 Å². The molecule has 6 heteroatoms. The van der Waals surface area contributed by atoms with Crippen molar-refractivity contribution >= 4 is 44.1 Å². The number of benzene rings is 1. The molecule has 162 valence electrons. The molecule has 0 saturated heterocycles. The number of anilines is 1. The normalized spacial score (nSPS) is 18.8. The summed E-state index contributed by atoms with van der Waals surface area (Å²) in [6.07, 6.45) is 7.89. The number of thiophene rings is 1. The highest BCUT2D eigenvalue weighted by molar-refractivity contribution is 9.10. The van der Waals surface area contributed by atoms with Crippen molar-refractivity contribution in [2.45, 2.75) is 58.8 Å². The average molecular weight is 492 g/mol. The zero-order valence-corrected chi connectivity index (χ0v) is 20.1. The molecule has 1 aromatic heterocycles. The molecule has 1 amide bonds. The molecule has 2 aromatic rings. The third-order valence-corrected chi connectivity index (χ3v) is 7.27. The Kier molecular flexibility index (Phi) is 8.51. The van der Waals surface area contributed by atoms with E-state index < -0.39 is 5.97 Å². The second-order valence-electron chi connectivity index (χ2n) is 7.93. The predicted octanol–water partition coefficient (Wildman–Crippen LogP) is 7.29. The maximum Gasteiger partial charge on any atom is 0.341 e. The molecule has 1 aliphatic carbocycles. The standard InChI is InChI=1S/C24H30BrNO3S/c1-3-5-6-16-7-9-18(10-8-16)22(27)26-23-21(24(28)29-4-2)20(15-30-23)17-11-13-19(25)14-12-17/h11-16,18H,3-10H2,1-2H3,(H,26,27). The van der Waals surface area contributed by atoms with Gasteiger partial charge in [-0.2, -0.15) is 0 Å². The minimum atomic E-state index is -0.393. The Morgan fingerprint density at radius 2 is 1.83 bits per heavy atom. The van der Waals surface area contributed by atoms with Gasteiger partial charge >= 0.3 is 5.97 Å². The van der Waals surface area contributed by atoms with Gasteiger partial charge in [0.25, 0.3) is 0 Å². The maximum atomic E-state index is 12.9. The van der Waals surface area contributed by atoms with Crippen molar-refractivity contribution in [3.8, 4) is 11.1 Å². The molecule has 0 aliphatic heterocycles. The van der Waals surface area contributed by atoms with Crippen molar-refractivity contribution in [2.75, 3.05) is 11.9 Å². The van der Waals surface area contributed by atoms with Crippen molar-refractivity contribution in [1.29, 1.82) is 0 Å². The molecule has 1 fully saturated rings. The van der Waals surface area contributed by atoms with Crippen molar-refractivity contribution in [1.82, 2.24) is 0 Å². The van der Waals surface area contributed by atoms with Gasteiger partial charge in [0.1, 0.15) is 10.6 Å². The van der Waals surface area contributed by atoms with Crippen molar-refractivity contribution < 1.29 is 14.3 Å². The summed E-state index contributed by atoms with van der Waals surface area (Å²) < 4.78 is 6.27. The van der Waals surface area contributed by atoms with Gasteiger partial charge in [0.2, 0.25) is 5.91 Å². The topological polar surface area (TPSA) is 55.4 Å². The first-order valence-corrected chi connectivity index (χ1v) is 12.6. The second-order valence-corrected chi connectivity index (χ2v) is 9.73. The Hall–Kier alpha value is -1.66. The van der Waals surface area contributed by atoms with Crippen LogP contribution < -0.4 is 5.32 Å². The number of esters is 1. The van der Waals surface area contributed by atoms with Gasteiger partial charge in [-0.05, 0) is 56.2 Å². The van der Waals surface area contributed by atoms with Crippen LogP contribution in [0.5, 0.6) is 0 Å². The van der Waals surface area contributed by atoms with E-state index >= 15 is 0 Å². The Labute approximate surface area is 191 Å². The maximum absolute atomic E-state index is 12.9. The Morgan fingerprint density at radius 1 is 1.13 bits per heavy atom. The summed E-state index contributed by atoms with van der Waals surface area (Å²) in [6, 6.07) is 7.80. The van der Waals surface area contributed by atoms with E-state index in [-0.39, 0.29) is 11.8 Å². The number of hydrogen-bond donors (Lipinski definition) is 1. The Bertz CT molecular complexity index is 854. The highest BCUT2D eigenvalue weighted by Crippen LogP contribution is 2.38. The summed E-state index contributed by atoms with van der Waals surface area (Å²) in [5.74, 6) is 0.417. The van der Waals surface area contributed by atoms with E-state index in [4.69, 9.17) is 4.74 Å². The first-order chi connectivity index (χ1) is 14.5. The minimum absolute atomic E-state index is 0.0242. The quantitative estimate of drug-likeness (QED) is 0.394. The predicted molar refractivity (Wildman–Crippen MR) is 127 cm³/mol. The van der Waals surface area contributed by atoms with Crippen LogP contribution in [-0.4, -0.2) is 18.5 Å². The van der Waals surface area contributed by atoms with Gasteiger partial charge in [-0.15, -0.1) is 11.3 Å². The molecule has 1 heterocycles. The number of amides is 1. The molecule has 1 aliphatic rings. The molecule has 0 radical (unpaired) electrons. The fourth-order valence-corrected chi connectivity index (χ4v) is 5.34. The molecule has 3 rings (SSSR count). The number of carbonyl (C=O) groups is 2. The minimum Gasteiger partial charge on any atom is -0.462 e. The van der Waals surface area contributed by atoms with Crippen LogP contribution in [-0.2, 0) is 9.53 Å². The Balaban J connectivity index is 1.74. The van der Waals surface area contributed by atoms with Crippen LogP contribution in [0.2, 0.25) is 0 Å². The van der Waals surface area contributed by atoms with E-state index in [1.807, 2.05) is 29.6 Å². The van der Waals surface area contributed by atoms with Crippen LogP contribution in [0, 0.1) is 11.8 Å². The van der Waals surface area contributed by atoms with Crippen LogP contribution in [0.25, 0.3) is 11.1 Å². The van der Waals surface area contributed by atoms with Gasteiger partial charge in [-0.3, -0.25) is 4.79 Å². The Morgan fingerprint density at radius 3 is 2.47 bits per heavy atom. The van der Waals surface area contributed by atoms with E-state index in [1.54, 1.807) is 6.92 Å². The number of ether oxygens (including phenoxy) is 1. The van der Waals surface area contributed by atoms with Gasteiger partial charge in [-0.25, -0.2) is 4.79 Å². The summed E-state index contributed by atoms with van der Waals surface area (Å²) in [4.78, 5) is 25.7. The highest BCUT2D eigenvalue weighted by atomic mass is 79.9. The molecular weight excluding hydrogens is 462 g/mol. The van der Waals surface area contributed by atoms with Crippen LogP contribution in [0.4, 0.5) is 5.00 Å². The monoisotopic (exact) mass is 491 g/mol. The lowest BCUT2D eigenvalue weighted by Crippen LogP contribution is -2.27. The molecule has 1 N–H and O–H groups in total. The lowest BCUT2D eigenvalue weighted by Gasteiger charge is -2.27. The van der Waals surface area contributed by atoms with E-state index in [0.717, 1.165) is 47.2 Å². The van der Waals surface area contributed by atoms with Gasteiger partial charge in [0, 0.05) is 21.3 Å². The zero-order chi connectivity index (χ0) is 21.5. The lowest BCUT2D eigenvalue weighted by molar-refractivity contribution is -0.121. The summed E-state index contributed by atoms with van der Waals surface area (Å²) in [7, 11) is 0. The zero-order valence-electron chi connectivity index (χ0n) is 17.7. The number of unbranched alkanes of at least 4 members (excludes halogenated alkanes) is 1. The van der Waals surface area contributed by atoms with Crippen LogP contribution >= 0.6 is 27.3 Å². The van der Waals surface area contributed by atoms with Gasteiger partial charge in [-0.1, -0.05) is 54.2 Å². The average Bonchev–Trinajstić information content (AvgIpc) is 3.16. The van der Waals surface area contributed by atoms with Crippen LogP contribution in [0.1, 0.15) is 69.2 Å². The fraction of sp³-hybridized carbons (Fsp3) is 0.500. The third kappa shape index (κ3) is 5.73. The van der Waals surface area contributed by atoms with Gasteiger partial charge in [0.05, 0.1) is 6.61 Å². The molecule has 30 heavy (non-hydrogen) atoms. The highest BCUT2D eigenvalue weighted by Gasteiger charge is 2.28. The summed E-state index contributed by atoms with van der Waals surface area (Å²) in [5, 5.41) is 5.56. The fourth-order valence-electron chi connectivity index (χ4n) is 4.12. The summed E-state index contributed by atoms with van der Waals surface area (Å²) in [5.41, 5.74) is 2.17. The number of halogens is 1. The number of carbonyl (C=O) groups excluding carboxylic acids is 2. The molecule has 1 aromatic carbocycles. The number of rotatable bonds is 8. The molecule has 0 spiro atoms. The van der Waals surface area contributed by atoms with Crippen molar-refractivity contribution in [3.63, 3.8) is 0 Å². The first-order valence-electron chi connectivity index (χ1n) is 10.9. The SMILES string of the molecule is CCCCC1CCC(C(=O)Nc2scc(-c3ccc(Br)cc3)c2C(=O)OCC)CC1. The van der Waals surface area contributed by atoms with E-state index in [2.05, 4.69) is 28.2 Å². The van der Waals surface area contributed by atoms with Crippen molar-refractivity contribution in [3.05, 3.63) is 39.7 Å². The molecule has 0 bridgehead atoms. The second kappa shape index (κ2) is 11.1. The van der Waals surface area contributed by atoms with E-state index in [1.165, 1.54) is 30.6 Å². The molecule has 1 saturated carbocycles. The van der Waals surface area contributed by atoms with E-state index in [9.17, 15) is 9.59 Å². The van der Waals surface area contributed by atoms with Crippen LogP contribution in [0.15, 0.2) is 34.1 Å². The van der Waals surface area contributed by atoms with E-state index in [0.29, 0.717) is 17.2 Å². The summed E-state index contributed by atoms with van der Waals surface area (Å²) >= 11 is 4.83. The largest absolute Gasteiger partial charge is 0.462 e. The van der Waals surface area contributed by atoms with Gasteiger partial charge < -0.3 is 10.1 Å². The molecule has 0 atom stereocenters. The number of nitrogens with one attached hydrogen (secondary N) is 1. The number of hydrogen-bond acceptors (Lipinski definition) is 4. The molecule has 4 nitrogen and oxygen atoms in total. The third-order valence-electron chi connectivity index (χ3n) is 5.85. The van der Waals surface area contributed by atoms with Crippen molar-refractivity contribution in [2.24, 2.45) is 11.8 Å².